The number of nitro groups is 1. The number of aromatic amines is 1. The topological polar surface area (TPSA) is 81.1 Å². The van der Waals surface area contributed by atoms with E-state index in [0.717, 1.165) is 30.8 Å². The highest BCUT2D eigenvalue weighted by molar-refractivity contribution is 5.77. The van der Waals surface area contributed by atoms with Gasteiger partial charge in [0.05, 0.1) is 16.0 Å². The monoisotopic (exact) mass is 233 g/mol. The number of ether oxygens (including phenoxy) is 1. The van der Waals surface area contributed by atoms with Crippen molar-refractivity contribution in [2.75, 3.05) is 6.61 Å². The second kappa shape index (κ2) is 3.81. The molecule has 1 unspecified atom stereocenters. The summed E-state index contributed by atoms with van der Waals surface area (Å²) in [4.78, 5) is 17.7. The fraction of sp³-hybridized carbons (Fsp3) is 0.364. The lowest BCUT2D eigenvalue weighted by atomic mass is 10.2. The first-order valence-corrected chi connectivity index (χ1v) is 5.50. The van der Waals surface area contributed by atoms with Crippen LogP contribution < -0.4 is 0 Å². The van der Waals surface area contributed by atoms with Crippen LogP contribution in [0.15, 0.2) is 18.2 Å². The van der Waals surface area contributed by atoms with E-state index in [9.17, 15) is 10.1 Å². The van der Waals surface area contributed by atoms with Crippen LogP contribution >= 0.6 is 0 Å². The third-order valence-corrected chi connectivity index (χ3v) is 2.93. The van der Waals surface area contributed by atoms with Crippen LogP contribution in [0.5, 0.6) is 0 Å². The number of nitro benzene ring substituents is 1. The van der Waals surface area contributed by atoms with E-state index in [1.165, 1.54) is 12.1 Å². The van der Waals surface area contributed by atoms with E-state index in [4.69, 9.17) is 4.74 Å². The van der Waals surface area contributed by atoms with Crippen molar-refractivity contribution in [1.29, 1.82) is 0 Å². The van der Waals surface area contributed by atoms with Crippen molar-refractivity contribution < 1.29 is 9.66 Å². The molecule has 1 aliphatic rings. The number of rotatable bonds is 2. The van der Waals surface area contributed by atoms with Gasteiger partial charge in [-0.3, -0.25) is 10.1 Å². The third kappa shape index (κ3) is 1.76. The van der Waals surface area contributed by atoms with E-state index in [2.05, 4.69) is 9.97 Å². The molecule has 0 bridgehead atoms. The number of hydrogen-bond donors (Lipinski definition) is 1. The van der Waals surface area contributed by atoms with Crippen LogP contribution in [0.3, 0.4) is 0 Å². The summed E-state index contributed by atoms with van der Waals surface area (Å²) in [6, 6.07) is 4.62. The Labute approximate surface area is 96.8 Å². The minimum atomic E-state index is -0.411. The number of nitrogens with one attached hydrogen (secondary N) is 1. The number of nitrogens with zero attached hydrogens (tertiary/aromatic N) is 2. The van der Waals surface area contributed by atoms with Crippen LogP contribution in [0.25, 0.3) is 11.0 Å². The van der Waals surface area contributed by atoms with Gasteiger partial charge in [0, 0.05) is 18.7 Å². The average Bonchev–Trinajstić information content (AvgIpc) is 2.96. The number of aromatic nitrogens is 2. The molecule has 1 saturated heterocycles. The molecule has 17 heavy (non-hydrogen) atoms. The fourth-order valence-corrected chi connectivity index (χ4v) is 2.08. The van der Waals surface area contributed by atoms with Gasteiger partial charge in [-0.25, -0.2) is 4.98 Å². The summed E-state index contributed by atoms with van der Waals surface area (Å²) in [6.45, 7) is 0.752. The van der Waals surface area contributed by atoms with Crippen molar-refractivity contribution >= 4 is 16.7 Å². The Bertz CT molecular complexity index is 572. The standard InChI is InChI=1S/C11H11N3O3/c15-14(16)7-3-4-8-9(6-7)13-11(12-8)10-2-1-5-17-10/h3-4,6,10H,1-2,5H2,(H,12,13). The van der Waals surface area contributed by atoms with Crippen molar-refractivity contribution in [3.05, 3.63) is 34.1 Å². The Hall–Kier alpha value is -1.95. The molecular weight excluding hydrogens is 222 g/mol. The number of benzene rings is 1. The number of fused-ring (bicyclic) bond motifs is 1. The van der Waals surface area contributed by atoms with Gasteiger partial charge in [0.15, 0.2) is 0 Å². The van der Waals surface area contributed by atoms with Gasteiger partial charge in [0.25, 0.3) is 5.69 Å². The quantitative estimate of drug-likeness (QED) is 0.637. The Kier molecular flexibility index (Phi) is 2.29. The fourth-order valence-electron chi connectivity index (χ4n) is 2.08. The summed E-state index contributed by atoms with van der Waals surface area (Å²) < 4.78 is 5.52. The van der Waals surface area contributed by atoms with E-state index >= 15 is 0 Å². The molecule has 0 radical (unpaired) electrons. The molecule has 1 N–H and O–H groups in total. The summed E-state index contributed by atoms with van der Waals surface area (Å²) in [5.41, 5.74) is 1.49. The van der Waals surface area contributed by atoms with Crippen LogP contribution in [-0.2, 0) is 4.74 Å². The molecule has 2 aromatic rings. The molecule has 0 aliphatic carbocycles. The van der Waals surface area contributed by atoms with Gasteiger partial charge in [0.1, 0.15) is 11.9 Å². The van der Waals surface area contributed by atoms with Gasteiger partial charge in [0.2, 0.25) is 0 Å². The predicted octanol–water partition coefficient (Wildman–Crippen LogP) is 2.32. The van der Waals surface area contributed by atoms with Crippen LogP contribution in [0, 0.1) is 10.1 Å². The normalized spacial score (nSPS) is 19.9. The summed E-state index contributed by atoms with van der Waals surface area (Å²) in [6.07, 6.45) is 1.98. The lowest BCUT2D eigenvalue weighted by Gasteiger charge is -2.03. The van der Waals surface area contributed by atoms with Crippen molar-refractivity contribution in [1.82, 2.24) is 9.97 Å². The van der Waals surface area contributed by atoms with Crippen LogP contribution in [0.4, 0.5) is 5.69 Å². The Morgan fingerprint density at radius 1 is 1.53 bits per heavy atom. The predicted molar refractivity (Wildman–Crippen MR) is 60.7 cm³/mol. The van der Waals surface area contributed by atoms with Crippen molar-refractivity contribution in [2.45, 2.75) is 18.9 Å². The first-order chi connectivity index (χ1) is 8.24. The number of H-pyrrole nitrogens is 1. The van der Waals surface area contributed by atoms with Gasteiger partial charge in [-0.1, -0.05) is 0 Å². The maximum absolute atomic E-state index is 10.7. The molecule has 1 aliphatic heterocycles. The number of imidazole rings is 1. The number of hydrogen-bond acceptors (Lipinski definition) is 4. The third-order valence-electron chi connectivity index (χ3n) is 2.93. The second-order valence-corrected chi connectivity index (χ2v) is 4.08. The zero-order valence-electron chi connectivity index (χ0n) is 9.05. The highest BCUT2D eigenvalue weighted by atomic mass is 16.6. The van der Waals surface area contributed by atoms with E-state index in [-0.39, 0.29) is 11.8 Å². The molecule has 1 fully saturated rings. The molecule has 6 nitrogen and oxygen atoms in total. The molecule has 6 heteroatoms. The van der Waals surface area contributed by atoms with E-state index < -0.39 is 4.92 Å². The van der Waals surface area contributed by atoms with Crippen molar-refractivity contribution in [2.24, 2.45) is 0 Å². The Morgan fingerprint density at radius 2 is 2.41 bits per heavy atom. The zero-order valence-corrected chi connectivity index (χ0v) is 9.05. The van der Waals surface area contributed by atoms with Gasteiger partial charge in [-0.15, -0.1) is 0 Å². The van der Waals surface area contributed by atoms with Gasteiger partial charge in [-0.2, -0.15) is 0 Å². The second-order valence-electron chi connectivity index (χ2n) is 4.08. The molecule has 1 aromatic carbocycles. The molecule has 88 valence electrons. The summed E-state index contributed by atoms with van der Waals surface area (Å²) in [7, 11) is 0. The smallest absolute Gasteiger partial charge is 0.271 e. The molecule has 2 heterocycles. The molecule has 3 rings (SSSR count). The van der Waals surface area contributed by atoms with Gasteiger partial charge >= 0.3 is 0 Å². The number of non-ortho nitro benzene ring substituents is 1. The molecule has 1 atom stereocenters. The highest BCUT2D eigenvalue weighted by Crippen LogP contribution is 2.28. The van der Waals surface area contributed by atoms with Crippen molar-refractivity contribution in [3.8, 4) is 0 Å². The largest absolute Gasteiger partial charge is 0.370 e. The lowest BCUT2D eigenvalue weighted by molar-refractivity contribution is -0.384. The van der Waals surface area contributed by atoms with Gasteiger partial charge in [-0.05, 0) is 18.9 Å². The zero-order chi connectivity index (χ0) is 11.8. The van der Waals surface area contributed by atoms with Crippen LogP contribution in [0.2, 0.25) is 0 Å². The molecule has 0 spiro atoms. The Morgan fingerprint density at radius 3 is 3.12 bits per heavy atom. The molecule has 0 amide bonds. The molecule has 1 aromatic heterocycles. The minimum absolute atomic E-state index is 0.00135. The average molecular weight is 233 g/mol. The van der Waals surface area contributed by atoms with E-state index in [1.807, 2.05) is 0 Å². The maximum atomic E-state index is 10.7. The maximum Gasteiger partial charge on any atom is 0.271 e. The van der Waals surface area contributed by atoms with Gasteiger partial charge < -0.3 is 9.72 Å². The molecular formula is C11H11N3O3. The minimum Gasteiger partial charge on any atom is -0.370 e. The van der Waals surface area contributed by atoms with E-state index in [1.54, 1.807) is 6.07 Å². The highest BCUT2D eigenvalue weighted by Gasteiger charge is 2.21. The van der Waals surface area contributed by atoms with Crippen LogP contribution in [-0.4, -0.2) is 21.5 Å². The summed E-state index contributed by atoms with van der Waals surface area (Å²) in [5, 5.41) is 10.7. The Balaban J connectivity index is 2.03. The van der Waals surface area contributed by atoms with E-state index in [0.29, 0.717) is 5.52 Å². The van der Waals surface area contributed by atoms with Crippen LogP contribution in [0.1, 0.15) is 24.8 Å². The van der Waals surface area contributed by atoms with Crippen molar-refractivity contribution in [3.63, 3.8) is 0 Å². The first-order valence-electron chi connectivity index (χ1n) is 5.50. The lowest BCUT2D eigenvalue weighted by Crippen LogP contribution is -1.97. The molecule has 0 saturated carbocycles. The SMILES string of the molecule is O=[N+]([O-])c1ccc2nc(C3CCCO3)[nH]c2c1. The summed E-state index contributed by atoms with van der Waals surface area (Å²) in [5.74, 6) is 0.762. The first kappa shape index (κ1) is 10.2. The summed E-state index contributed by atoms with van der Waals surface area (Å²) >= 11 is 0.